The third-order valence-electron chi connectivity index (χ3n) is 1.84. The van der Waals surface area contributed by atoms with E-state index in [4.69, 9.17) is 4.74 Å². The van der Waals surface area contributed by atoms with Crippen LogP contribution in [0.25, 0.3) is 0 Å². The Morgan fingerprint density at radius 3 is 2.93 bits per heavy atom. The van der Waals surface area contributed by atoms with E-state index in [-0.39, 0.29) is 16.4 Å². The molecule has 5 nitrogen and oxygen atoms in total. The Bertz CT molecular complexity index is 379. The Labute approximate surface area is 88.4 Å². The highest BCUT2D eigenvalue weighted by molar-refractivity contribution is 9.10. The molecule has 0 bridgehead atoms. The Hall–Kier alpha value is -1.17. The third kappa shape index (κ3) is 1.84. The number of aromatic nitrogens is 1. The van der Waals surface area contributed by atoms with Crippen LogP contribution in [0.1, 0.15) is 12.8 Å². The van der Waals surface area contributed by atoms with Gasteiger partial charge in [-0.05, 0) is 28.8 Å². The van der Waals surface area contributed by atoms with Crippen molar-refractivity contribution in [2.45, 2.75) is 18.9 Å². The molecule has 0 amide bonds. The van der Waals surface area contributed by atoms with Crippen LogP contribution in [-0.2, 0) is 0 Å². The van der Waals surface area contributed by atoms with Crippen LogP contribution in [0.15, 0.2) is 16.9 Å². The van der Waals surface area contributed by atoms with Crippen LogP contribution >= 0.6 is 15.9 Å². The largest absolute Gasteiger partial charge is 0.483 e. The van der Waals surface area contributed by atoms with Gasteiger partial charge in [-0.15, -0.1) is 0 Å². The second-order valence-corrected chi connectivity index (χ2v) is 3.77. The molecule has 1 saturated carbocycles. The highest BCUT2D eigenvalue weighted by atomic mass is 79.9. The number of ether oxygens (including phenoxy) is 1. The number of nitro groups is 1. The third-order valence-corrected chi connectivity index (χ3v) is 2.42. The van der Waals surface area contributed by atoms with Crippen LogP contribution in [0.2, 0.25) is 0 Å². The summed E-state index contributed by atoms with van der Waals surface area (Å²) in [5.74, 6) is 0.291. The summed E-state index contributed by atoms with van der Waals surface area (Å²) in [4.78, 5) is 14.0. The molecule has 6 heteroatoms. The molecule has 0 spiro atoms. The van der Waals surface area contributed by atoms with E-state index in [1.165, 1.54) is 12.3 Å². The van der Waals surface area contributed by atoms with Crippen molar-refractivity contribution in [1.82, 2.24) is 4.98 Å². The van der Waals surface area contributed by atoms with Gasteiger partial charge >= 0.3 is 5.69 Å². The van der Waals surface area contributed by atoms with Crippen LogP contribution in [0.3, 0.4) is 0 Å². The number of hydrogen-bond donors (Lipinski definition) is 0. The van der Waals surface area contributed by atoms with Gasteiger partial charge in [-0.1, -0.05) is 0 Å². The molecule has 0 radical (unpaired) electrons. The highest BCUT2D eigenvalue weighted by Crippen LogP contribution is 2.36. The molecular formula is C8H7BrN2O3. The first-order chi connectivity index (χ1) is 6.68. The summed E-state index contributed by atoms with van der Waals surface area (Å²) in [6, 6.07) is 1.52. The van der Waals surface area contributed by atoms with Crippen molar-refractivity contribution in [2.24, 2.45) is 0 Å². The first kappa shape index (κ1) is 9.39. The molecule has 1 aliphatic rings. The summed E-state index contributed by atoms with van der Waals surface area (Å²) in [5.41, 5.74) is -0.0978. The Morgan fingerprint density at radius 1 is 1.64 bits per heavy atom. The fourth-order valence-corrected chi connectivity index (χ4v) is 1.50. The minimum Gasteiger partial charge on any atom is -0.483 e. The van der Waals surface area contributed by atoms with Gasteiger partial charge in [-0.3, -0.25) is 10.1 Å². The molecule has 14 heavy (non-hydrogen) atoms. The van der Waals surface area contributed by atoms with E-state index in [9.17, 15) is 10.1 Å². The second kappa shape index (κ2) is 3.53. The Balaban J connectivity index is 2.35. The summed E-state index contributed by atoms with van der Waals surface area (Å²) in [6.45, 7) is 0. The zero-order chi connectivity index (χ0) is 10.1. The molecule has 0 saturated heterocycles. The maximum Gasteiger partial charge on any atom is 0.343 e. The SMILES string of the molecule is O=[N+]([O-])c1c(OC2CC2)ccnc1Br. The van der Waals surface area contributed by atoms with Crippen molar-refractivity contribution >= 4 is 21.6 Å². The number of halogens is 1. The van der Waals surface area contributed by atoms with Crippen molar-refractivity contribution in [3.63, 3.8) is 0 Å². The monoisotopic (exact) mass is 258 g/mol. The van der Waals surface area contributed by atoms with Crippen molar-refractivity contribution in [2.75, 3.05) is 0 Å². The van der Waals surface area contributed by atoms with Gasteiger partial charge in [0.15, 0.2) is 4.60 Å². The maximum absolute atomic E-state index is 10.7. The van der Waals surface area contributed by atoms with E-state index in [1.54, 1.807) is 0 Å². The summed E-state index contributed by atoms with van der Waals surface area (Å²) in [7, 11) is 0. The predicted octanol–water partition coefficient (Wildman–Crippen LogP) is 2.29. The molecule has 74 valence electrons. The van der Waals surface area contributed by atoms with Crippen LogP contribution in [-0.4, -0.2) is 16.0 Å². The fraction of sp³-hybridized carbons (Fsp3) is 0.375. The molecule has 0 unspecified atom stereocenters. The first-order valence-corrected chi connectivity index (χ1v) is 4.93. The van der Waals surface area contributed by atoms with Gasteiger partial charge in [0.05, 0.1) is 11.0 Å². The topological polar surface area (TPSA) is 65.3 Å². The molecule has 1 fully saturated rings. The van der Waals surface area contributed by atoms with Crippen molar-refractivity contribution < 1.29 is 9.66 Å². The zero-order valence-corrected chi connectivity index (χ0v) is 8.73. The number of pyridine rings is 1. The molecule has 1 aliphatic carbocycles. The van der Waals surface area contributed by atoms with Gasteiger partial charge in [0.25, 0.3) is 0 Å². The van der Waals surface area contributed by atoms with Gasteiger partial charge < -0.3 is 4.74 Å². The predicted molar refractivity (Wildman–Crippen MR) is 52.2 cm³/mol. The van der Waals surface area contributed by atoms with E-state index in [1.807, 2.05) is 0 Å². The number of nitrogens with zero attached hydrogens (tertiary/aromatic N) is 2. The molecule has 1 aromatic rings. The fourth-order valence-electron chi connectivity index (χ4n) is 1.04. The van der Waals surface area contributed by atoms with Crippen LogP contribution in [0, 0.1) is 10.1 Å². The summed E-state index contributed by atoms with van der Waals surface area (Å²) in [6.07, 6.45) is 3.56. The van der Waals surface area contributed by atoms with E-state index >= 15 is 0 Å². The molecule has 0 aromatic carbocycles. The average molecular weight is 259 g/mol. The van der Waals surface area contributed by atoms with Crippen molar-refractivity contribution in [3.8, 4) is 5.75 Å². The lowest BCUT2D eigenvalue weighted by atomic mass is 10.4. The first-order valence-electron chi connectivity index (χ1n) is 4.14. The minimum absolute atomic E-state index is 0.0978. The van der Waals surface area contributed by atoms with Crippen LogP contribution < -0.4 is 4.74 Å². The van der Waals surface area contributed by atoms with Gasteiger partial charge in [-0.2, -0.15) is 0 Å². The molecule has 1 aromatic heterocycles. The maximum atomic E-state index is 10.7. The molecular weight excluding hydrogens is 252 g/mol. The highest BCUT2D eigenvalue weighted by Gasteiger charge is 2.28. The Kier molecular flexibility index (Phi) is 2.37. The van der Waals surface area contributed by atoms with E-state index in [0.29, 0.717) is 5.75 Å². The molecule has 1 heterocycles. The Morgan fingerprint density at radius 2 is 2.36 bits per heavy atom. The quantitative estimate of drug-likeness (QED) is 0.474. The summed E-state index contributed by atoms with van der Waals surface area (Å²) >= 11 is 3.03. The number of rotatable bonds is 3. The standard InChI is InChI=1S/C8H7BrN2O3/c9-8-7(11(12)13)6(3-4-10-8)14-5-1-2-5/h3-5H,1-2H2. The van der Waals surface area contributed by atoms with Gasteiger partial charge in [0.1, 0.15) is 0 Å². The van der Waals surface area contributed by atoms with E-state index in [0.717, 1.165) is 12.8 Å². The van der Waals surface area contributed by atoms with Gasteiger partial charge in [0.2, 0.25) is 5.75 Å². The molecule has 0 N–H and O–H groups in total. The normalized spacial score (nSPS) is 15.2. The average Bonchev–Trinajstić information content (AvgIpc) is 2.87. The van der Waals surface area contributed by atoms with Crippen LogP contribution in [0.5, 0.6) is 5.75 Å². The summed E-state index contributed by atoms with van der Waals surface area (Å²) < 4.78 is 5.60. The lowest BCUT2D eigenvalue weighted by molar-refractivity contribution is -0.387. The molecule has 0 aliphatic heterocycles. The summed E-state index contributed by atoms with van der Waals surface area (Å²) in [5, 5.41) is 10.7. The lowest BCUT2D eigenvalue weighted by Crippen LogP contribution is -2.01. The molecule has 2 rings (SSSR count). The van der Waals surface area contributed by atoms with Gasteiger partial charge in [0, 0.05) is 12.3 Å². The minimum atomic E-state index is -0.491. The van der Waals surface area contributed by atoms with Crippen molar-refractivity contribution in [3.05, 3.63) is 27.0 Å². The number of hydrogen-bond acceptors (Lipinski definition) is 4. The second-order valence-electron chi connectivity index (χ2n) is 3.02. The lowest BCUT2D eigenvalue weighted by Gasteiger charge is -2.04. The zero-order valence-electron chi connectivity index (χ0n) is 7.14. The van der Waals surface area contributed by atoms with Crippen LogP contribution in [0.4, 0.5) is 5.69 Å². The molecule has 0 atom stereocenters. The smallest absolute Gasteiger partial charge is 0.343 e. The van der Waals surface area contributed by atoms with E-state index < -0.39 is 4.92 Å². The van der Waals surface area contributed by atoms with Crippen molar-refractivity contribution in [1.29, 1.82) is 0 Å². The van der Waals surface area contributed by atoms with Gasteiger partial charge in [-0.25, -0.2) is 4.98 Å². The van der Waals surface area contributed by atoms with E-state index in [2.05, 4.69) is 20.9 Å².